The van der Waals surface area contributed by atoms with Crippen LogP contribution in [0.1, 0.15) is 52.8 Å². The van der Waals surface area contributed by atoms with Crippen molar-refractivity contribution in [1.82, 2.24) is 19.9 Å². The van der Waals surface area contributed by atoms with Crippen LogP contribution in [0.2, 0.25) is 1.41 Å². The largest absolute Gasteiger partial charge is 0.366 e. The molecule has 0 radical (unpaired) electrons. The van der Waals surface area contributed by atoms with Crippen molar-refractivity contribution in [2.45, 2.75) is 45.1 Å². The van der Waals surface area contributed by atoms with Crippen molar-refractivity contribution in [1.29, 1.82) is 5.26 Å². The monoisotopic (exact) mass is 414 g/mol. The van der Waals surface area contributed by atoms with E-state index >= 15 is 0 Å². The third-order valence-electron chi connectivity index (χ3n) is 4.69. The fourth-order valence-electron chi connectivity index (χ4n) is 3.12. The minimum atomic E-state index is -1.30. The van der Waals surface area contributed by atoms with Crippen molar-refractivity contribution < 1.29 is 9.91 Å². The Bertz CT molecular complexity index is 1220. The molecule has 0 bridgehead atoms. The Labute approximate surface area is 179 Å². The van der Waals surface area contributed by atoms with E-state index in [1.54, 1.807) is 18.7 Å². The van der Waals surface area contributed by atoms with Gasteiger partial charge in [0.2, 0.25) is 0 Å². The Morgan fingerprint density at radius 3 is 3.00 bits per heavy atom. The third kappa shape index (κ3) is 4.36. The molecular formula is C21H23FN6S. The quantitative estimate of drug-likeness (QED) is 0.671. The van der Waals surface area contributed by atoms with Crippen molar-refractivity contribution in [3.63, 3.8) is 0 Å². The van der Waals surface area contributed by atoms with Crippen molar-refractivity contribution in [3.8, 4) is 6.07 Å². The van der Waals surface area contributed by atoms with Gasteiger partial charge in [-0.3, -0.25) is 4.90 Å². The van der Waals surface area contributed by atoms with Crippen LogP contribution < -0.4 is 5.31 Å². The zero-order valence-electron chi connectivity index (χ0n) is 20.2. The molecule has 1 atom stereocenters. The maximum absolute atomic E-state index is 14.3. The van der Waals surface area contributed by atoms with Crippen LogP contribution in [0.25, 0.3) is 10.3 Å². The van der Waals surface area contributed by atoms with E-state index in [9.17, 15) is 4.39 Å². The van der Waals surface area contributed by atoms with Crippen LogP contribution in [-0.4, -0.2) is 39.0 Å². The summed E-state index contributed by atoms with van der Waals surface area (Å²) in [6, 6.07) is 4.63. The number of nitrogens with zero attached hydrogens (tertiary/aromatic N) is 5. The first kappa shape index (κ1) is 15.2. The predicted molar refractivity (Wildman–Crippen MR) is 112 cm³/mol. The van der Waals surface area contributed by atoms with E-state index in [1.807, 2.05) is 6.07 Å². The normalized spacial score (nSPS) is 20.2. The fraction of sp³-hybridized carbons (Fsp3) is 0.429. The molecule has 1 aromatic carbocycles. The first-order valence-corrected chi connectivity index (χ1v) is 10.1. The molecule has 1 aliphatic rings. The van der Waals surface area contributed by atoms with Gasteiger partial charge in [-0.2, -0.15) is 5.26 Å². The van der Waals surface area contributed by atoms with Crippen molar-refractivity contribution in [2.24, 2.45) is 0 Å². The molecule has 0 aliphatic carbocycles. The molecule has 0 spiro atoms. The van der Waals surface area contributed by atoms with Crippen LogP contribution in [0.15, 0.2) is 24.5 Å². The lowest BCUT2D eigenvalue weighted by atomic mass is 10.0. The lowest BCUT2D eigenvalue weighted by Gasteiger charge is -2.32. The van der Waals surface area contributed by atoms with Crippen molar-refractivity contribution >= 4 is 27.5 Å². The van der Waals surface area contributed by atoms with Gasteiger partial charge in [0.15, 0.2) is 7.06 Å². The van der Waals surface area contributed by atoms with Gasteiger partial charge in [-0.15, -0.1) is 11.3 Å². The number of likely N-dealkylation sites (tertiary alicyclic amines) is 1. The van der Waals surface area contributed by atoms with Crippen LogP contribution in [-0.2, 0) is 6.52 Å². The molecule has 4 rings (SSSR count). The third-order valence-corrected chi connectivity index (χ3v) is 5.95. The molecule has 3 heterocycles. The van der Waals surface area contributed by atoms with Crippen LogP contribution >= 0.6 is 11.3 Å². The molecule has 1 unspecified atom stereocenters. The molecule has 1 fully saturated rings. The minimum Gasteiger partial charge on any atom is -0.366 e. The summed E-state index contributed by atoms with van der Waals surface area (Å²) in [6.45, 7) is 3.07. The van der Waals surface area contributed by atoms with Crippen molar-refractivity contribution in [2.75, 3.05) is 18.4 Å². The molecule has 0 saturated carbocycles. The molecule has 0 amide bonds. The van der Waals surface area contributed by atoms with E-state index in [1.165, 1.54) is 35.9 Å². The van der Waals surface area contributed by atoms with Gasteiger partial charge in [0.05, 0.1) is 18.0 Å². The lowest BCUT2D eigenvalue weighted by Crippen LogP contribution is -2.39. The summed E-state index contributed by atoms with van der Waals surface area (Å²) in [5.41, 5.74) is 0.819. The maximum atomic E-state index is 14.3. The van der Waals surface area contributed by atoms with Gasteiger partial charge in [-0.25, -0.2) is 19.3 Å². The summed E-state index contributed by atoms with van der Waals surface area (Å²) < 4.78 is 49.2. The summed E-state index contributed by atoms with van der Waals surface area (Å²) in [5, 5.41) is 10.7. The Balaban J connectivity index is 1.54. The number of benzene rings is 1. The second-order valence-corrected chi connectivity index (χ2v) is 8.06. The number of aromatic nitrogens is 3. The number of anilines is 1. The summed E-state index contributed by atoms with van der Waals surface area (Å²) >= 11 is 1.25. The second-order valence-electron chi connectivity index (χ2n) is 7.06. The van der Waals surface area contributed by atoms with E-state index in [4.69, 9.17) is 10.8 Å². The smallest absolute Gasteiger partial charge is 0.175 e. The summed E-state index contributed by atoms with van der Waals surface area (Å²) in [6.07, 6.45) is 1.79. The predicted octanol–water partition coefficient (Wildman–Crippen LogP) is 4.30. The average Bonchev–Trinajstić information content (AvgIpc) is 3.24. The van der Waals surface area contributed by atoms with Crippen molar-refractivity contribution in [3.05, 3.63) is 46.5 Å². The molecule has 8 heteroatoms. The number of hydrogen-bond acceptors (Lipinski definition) is 7. The van der Waals surface area contributed by atoms with Crippen LogP contribution in [0.3, 0.4) is 0 Å². The number of hydrogen-bond donors (Lipinski definition) is 1. The number of nitrogens with one attached hydrogen (secondary N) is 1. The molecule has 2 aromatic heterocycles. The highest BCUT2D eigenvalue weighted by Crippen LogP contribution is 2.31. The molecule has 29 heavy (non-hydrogen) atoms. The van der Waals surface area contributed by atoms with E-state index in [0.29, 0.717) is 34.0 Å². The SMILES string of the molecule is [2H]C(c1cc(C#N)ccc1F)N1CCC([2H])(N([2H])c2ncnc3nc(C([2H])(C)C)sc23)CC1. The Morgan fingerprint density at radius 2 is 2.28 bits per heavy atom. The van der Waals surface area contributed by atoms with Crippen LogP contribution in [0.5, 0.6) is 0 Å². The van der Waals surface area contributed by atoms with E-state index in [-0.39, 0.29) is 24.2 Å². The highest BCUT2D eigenvalue weighted by molar-refractivity contribution is 7.19. The molecular weight excluding hydrogens is 387 g/mol. The number of nitriles is 1. The van der Waals surface area contributed by atoms with Gasteiger partial charge in [0, 0.05) is 39.8 Å². The maximum Gasteiger partial charge on any atom is 0.175 e. The first-order chi connectivity index (χ1) is 15.5. The number of thiazole rings is 1. The summed E-state index contributed by atoms with van der Waals surface area (Å²) in [5.74, 6) is -1.19. The Hall–Kier alpha value is -2.63. The van der Waals surface area contributed by atoms with E-state index < -0.39 is 24.2 Å². The first-order valence-electron chi connectivity index (χ1n) is 11.3. The number of piperidine rings is 1. The highest BCUT2D eigenvalue weighted by Gasteiger charge is 2.22. The number of halogens is 1. The van der Waals surface area contributed by atoms with Gasteiger partial charge < -0.3 is 5.31 Å². The minimum absolute atomic E-state index is 0.127. The zero-order chi connectivity index (χ0) is 24.0. The molecule has 1 N–H and O–H groups in total. The zero-order valence-corrected chi connectivity index (χ0v) is 17.0. The highest BCUT2D eigenvalue weighted by atomic mass is 32.1. The fourth-order valence-corrected chi connectivity index (χ4v) is 4.03. The molecule has 150 valence electrons. The molecule has 6 nitrogen and oxygen atoms in total. The van der Waals surface area contributed by atoms with E-state index in [2.05, 4.69) is 15.0 Å². The Morgan fingerprint density at radius 1 is 1.48 bits per heavy atom. The van der Waals surface area contributed by atoms with Gasteiger partial charge in [0.25, 0.3) is 0 Å². The van der Waals surface area contributed by atoms with Gasteiger partial charge in [0.1, 0.15) is 22.7 Å². The molecule has 1 saturated heterocycles. The average molecular weight is 415 g/mol. The van der Waals surface area contributed by atoms with Gasteiger partial charge in [-0.05, 0) is 31.0 Å². The Kier molecular flexibility index (Phi) is 4.41. The second kappa shape index (κ2) is 8.39. The van der Waals surface area contributed by atoms with Crippen LogP contribution in [0, 0.1) is 17.1 Å². The number of rotatable bonds is 5. The topological polar surface area (TPSA) is 77.7 Å². The van der Waals surface area contributed by atoms with Gasteiger partial charge >= 0.3 is 0 Å². The molecule has 1 aliphatic heterocycles. The number of fused-ring (bicyclic) bond motifs is 1. The summed E-state index contributed by atoms with van der Waals surface area (Å²) in [7, 11) is 0. The standard InChI is InChI=1S/C21H23FN6S/c1-13(2)21-27-20-18(29-21)19(24-12-25-20)26-16-5-7-28(8-6-16)11-15-9-14(10-23)3-4-17(15)22/h3-4,9,12-13,16H,5-8,11H2,1-2H3,(H,24,25,26)/i11D,13D,16D/hD. The lowest BCUT2D eigenvalue weighted by molar-refractivity contribution is 0.209. The summed E-state index contributed by atoms with van der Waals surface area (Å²) in [4.78, 5) is 14.5. The molecule has 3 aromatic rings. The van der Waals surface area contributed by atoms with Crippen LogP contribution in [0.4, 0.5) is 10.2 Å². The van der Waals surface area contributed by atoms with Gasteiger partial charge in [-0.1, -0.05) is 13.8 Å². The van der Waals surface area contributed by atoms with E-state index in [0.717, 1.165) is 5.31 Å².